The molecule has 2 aromatic carbocycles. The Bertz CT molecular complexity index is 1190. The zero-order chi connectivity index (χ0) is 18.3. The molecule has 0 saturated carbocycles. The Morgan fingerprint density at radius 3 is 2.73 bits per heavy atom. The second-order valence-electron chi connectivity index (χ2n) is 5.57. The van der Waals surface area contributed by atoms with Crippen molar-refractivity contribution >= 4 is 34.4 Å². The molecule has 0 aliphatic rings. The van der Waals surface area contributed by atoms with E-state index in [0.29, 0.717) is 15.7 Å². The molecule has 26 heavy (non-hydrogen) atoms. The fourth-order valence-electron chi connectivity index (χ4n) is 2.57. The first-order valence-electron chi connectivity index (χ1n) is 7.53. The second kappa shape index (κ2) is 6.51. The van der Waals surface area contributed by atoms with Crippen molar-refractivity contribution in [2.24, 2.45) is 0 Å². The predicted octanol–water partition coefficient (Wildman–Crippen LogP) is 3.47. The molecule has 0 bridgehead atoms. The Labute approximate surface area is 156 Å². The molecule has 130 valence electrons. The van der Waals surface area contributed by atoms with Gasteiger partial charge in [-0.25, -0.2) is 9.37 Å². The summed E-state index contributed by atoms with van der Waals surface area (Å²) in [6.07, 6.45) is 1.38. The first-order valence-corrected chi connectivity index (χ1v) is 8.29. The fourth-order valence-corrected chi connectivity index (χ4v) is 3.04. The third-order valence-electron chi connectivity index (χ3n) is 3.84. The molecule has 4 rings (SSSR count). The van der Waals surface area contributed by atoms with Gasteiger partial charge in [0.15, 0.2) is 11.2 Å². The monoisotopic (exact) mass is 389 g/mol. The van der Waals surface area contributed by atoms with E-state index < -0.39 is 5.82 Å². The lowest BCUT2D eigenvalue weighted by molar-refractivity contribution is 0.625. The Kier molecular flexibility index (Phi) is 4.18. The van der Waals surface area contributed by atoms with Crippen LogP contribution in [0.3, 0.4) is 0 Å². The first-order chi connectivity index (χ1) is 12.5. The van der Waals surface area contributed by atoms with Crippen LogP contribution in [0, 0.1) is 5.82 Å². The fraction of sp³-hybridized carbons (Fsp3) is 0.0588. The normalized spacial score (nSPS) is 11.2. The van der Waals surface area contributed by atoms with Crippen LogP contribution in [0.25, 0.3) is 16.9 Å². The average molecular weight is 390 g/mol. The van der Waals surface area contributed by atoms with Crippen molar-refractivity contribution in [3.05, 3.63) is 80.6 Å². The van der Waals surface area contributed by atoms with Crippen LogP contribution in [0.5, 0.6) is 0 Å². The highest BCUT2D eigenvalue weighted by Gasteiger charge is 2.14. The highest BCUT2D eigenvalue weighted by molar-refractivity contribution is 6.35. The summed E-state index contributed by atoms with van der Waals surface area (Å²) >= 11 is 12.0. The van der Waals surface area contributed by atoms with Crippen LogP contribution >= 0.6 is 23.2 Å². The smallest absolute Gasteiger partial charge is 0.283 e. The molecule has 0 aliphatic heterocycles. The molecule has 2 aromatic heterocycles. The summed E-state index contributed by atoms with van der Waals surface area (Å²) in [7, 11) is 0. The Morgan fingerprint density at radius 2 is 1.96 bits per heavy atom. The SMILES string of the molecule is O=c1c2nnn(-c3cccc(F)c3)c2ncn1Cc1ccc(Cl)cc1Cl. The van der Waals surface area contributed by atoms with Crippen molar-refractivity contribution in [1.82, 2.24) is 24.5 Å². The average Bonchev–Trinajstić information content (AvgIpc) is 3.04. The number of hydrogen-bond donors (Lipinski definition) is 0. The van der Waals surface area contributed by atoms with Gasteiger partial charge in [0.25, 0.3) is 5.56 Å². The van der Waals surface area contributed by atoms with Crippen LogP contribution in [0.1, 0.15) is 5.56 Å². The van der Waals surface area contributed by atoms with Crippen LogP contribution in [-0.4, -0.2) is 24.5 Å². The standard InChI is InChI=1S/C17H10Cl2FN5O/c18-11-5-4-10(14(19)6-11)8-24-9-21-16-15(17(24)26)22-23-25(16)13-3-1-2-12(20)7-13/h1-7,9H,8H2. The van der Waals surface area contributed by atoms with Gasteiger partial charge < -0.3 is 0 Å². The summed E-state index contributed by atoms with van der Waals surface area (Å²) in [4.78, 5) is 16.9. The number of benzene rings is 2. The maximum Gasteiger partial charge on any atom is 0.283 e. The molecule has 0 saturated heterocycles. The van der Waals surface area contributed by atoms with Crippen LogP contribution in [0.2, 0.25) is 10.0 Å². The zero-order valence-electron chi connectivity index (χ0n) is 13.1. The lowest BCUT2D eigenvalue weighted by Gasteiger charge is -2.07. The third kappa shape index (κ3) is 2.95. The van der Waals surface area contributed by atoms with E-state index in [1.807, 2.05) is 0 Å². The Morgan fingerprint density at radius 1 is 1.12 bits per heavy atom. The van der Waals surface area contributed by atoms with E-state index in [1.54, 1.807) is 30.3 Å². The van der Waals surface area contributed by atoms with Gasteiger partial charge in [-0.05, 0) is 35.9 Å². The Balaban J connectivity index is 1.78. The lowest BCUT2D eigenvalue weighted by Crippen LogP contribution is -2.21. The lowest BCUT2D eigenvalue weighted by atomic mass is 10.2. The van der Waals surface area contributed by atoms with Gasteiger partial charge in [-0.15, -0.1) is 5.10 Å². The van der Waals surface area contributed by atoms with Crippen molar-refractivity contribution in [1.29, 1.82) is 0 Å². The highest BCUT2D eigenvalue weighted by atomic mass is 35.5. The van der Waals surface area contributed by atoms with Gasteiger partial charge in [-0.1, -0.05) is 40.5 Å². The van der Waals surface area contributed by atoms with E-state index >= 15 is 0 Å². The number of nitrogens with zero attached hydrogens (tertiary/aromatic N) is 5. The largest absolute Gasteiger partial charge is 0.293 e. The second-order valence-corrected chi connectivity index (χ2v) is 6.41. The van der Waals surface area contributed by atoms with Gasteiger partial charge in [0.2, 0.25) is 0 Å². The molecule has 0 radical (unpaired) electrons. The van der Waals surface area contributed by atoms with Crippen molar-refractivity contribution in [2.75, 3.05) is 0 Å². The topological polar surface area (TPSA) is 65.6 Å². The number of aromatic nitrogens is 5. The quantitative estimate of drug-likeness (QED) is 0.537. The van der Waals surface area contributed by atoms with Crippen molar-refractivity contribution in [3.63, 3.8) is 0 Å². The number of fused-ring (bicyclic) bond motifs is 1. The molecule has 0 atom stereocenters. The van der Waals surface area contributed by atoms with Crippen LogP contribution in [-0.2, 0) is 6.54 Å². The number of hydrogen-bond acceptors (Lipinski definition) is 4. The molecule has 2 heterocycles. The molecule has 0 aliphatic carbocycles. The van der Waals surface area contributed by atoms with Gasteiger partial charge >= 0.3 is 0 Å². The van der Waals surface area contributed by atoms with E-state index in [9.17, 15) is 9.18 Å². The molecule has 9 heteroatoms. The summed E-state index contributed by atoms with van der Waals surface area (Å²) < 4.78 is 16.1. The van der Waals surface area contributed by atoms with E-state index in [1.165, 1.54) is 27.7 Å². The minimum absolute atomic E-state index is 0.0850. The zero-order valence-corrected chi connectivity index (χ0v) is 14.6. The first kappa shape index (κ1) is 16.7. The molecular formula is C17H10Cl2FN5O. The van der Waals surface area contributed by atoms with Gasteiger partial charge in [0.05, 0.1) is 12.2 Å². The molecule has 0 N–H and O–H groups in total. The molecule has 4 aromatic rings. The predicted molar refractivity (Wildman–Crippen MR) is 96.4 cm³/mol. The highest BCUT2D eigenvalue weighted by Crippen LogP contribution is 2.21. The maximum atomic E-state index is 13.4. The van der Waals surface area contributed by atoms with E-state index in [2.05, 4.69) is 15.3 Å². The van der Waals surface area contributed by atoms with Gasteiger partial charge in [-0.3, -0.25) is 9.36 Å². The molecule has 0 spiro atoms. The van der Waals surface area contributed by atoms with Crippen LogP contribution in [0.4, 0.5) is 4.39 Å². The van der Waals surface area contributed by atoms with E-state index in [0.717, 1.165) is 5.56 Å². The summed E-state index contributed by atoms with van der Waals surface area (Å²) in [5.41, 5.74) is 1.11. The summed E-state index contributed by atoms with van der Waals surface area (Å²) in [6, 6.07) is 10.8. The molecule has 6 nitrogen and oxygen atoms in total. The molecule has 0 amide bonds. The van der Waals surface area contributed by atoms with E-state index in [-0.39, 0.29) is 23.3 Å². The van der Waals surface area contributed by atoms with Crippen molar-refractivity contribution in [3.8, 4) is 5.69 Å². The third-order valence-corrected chi connectivity index (χ3v) is 4.42. The molecule has 0 unspecified atom stereocenters. The molecular weight excluding hydrogens is 380 g/mol. The summed E-state index contributed by atoms with van der Waals surface area (Å²) in [5.74, 6) is -0.420. The van der Waals surface area contributed by atoms with Crippen molar-refractivity contribution < 1.29 is 4.39 Å². The Hall–Kier alpha value is -2.77. The number of halogens is 3. The summed E-state index contributed by atoms with van der Waals surface area (Å²) in [5, 5.41) is 8.79. The minimum Gasteiger partial charge on any atom is -0.293 e. The summed E-state index contributed by atoms with van der Waals surface area (Å²) in [6.45, 7) is 0.213. The van der Waals surface area contributed by atoms with Crippen molar-refractivity contribution in [2.45, 2.75) is 6.54 Å². The van der Waals surface area contributed by atoms with Gasteiger partial charge in [0.1, 0.15) is 12.1 Å². The molecule has 0 fully saturated rings. The van der Waals surface area contributed by atoms with Crippen LogP contribution in [0.15, 0.2) is 53.6 Å². The van der Waals surface area contributed by atoms with Gasteiger partial charge in [-0.2, -0.15) is 4.68 Å². The number of rotatable bonds is 3. The van der Waals surface area contributed by atoms with Crippen LogP contribution < -0.4 is 5.56 Å². The van der Waals surface area contributed by atoms with E-state index in [4.69, 9.17) is 23.2 Å². The van der Waals surface area contributed by atoms with Gasteiger partial charge in [0, 0.05) is 10.0 Å². The maximum absolute atomic E-state index is 13.4. The minimum atomic E-state index is -0.420.